The molecule has 2 aliphatic heterocycles. The normalized spacial score (nSPS) is 21.6. The van der Waals surface area contributed by atoms with Crippen LogP contribution in [-0.4, -0.2) is 50.2 Å². The van der Waals surface area contributed by atoms with Crippen LogP contribution in [-0.2, 0) is 0 Å². The maximum atomic E-state index is 12.8. The van der Waals surface area contributed by atoms with Crippen LogP contribution in [0.15, 0.2) is 18.2 Å². The number of nitrogens with zero attached hydrogens (tertiary/aromatic N) is 1. The van der Waals surface area contributed by atoms with Crippen LogP contribution in [0.1, 0.15) is 37.0 Å². The molecule has 1 amide bonds. The lowest BCUT2D eigenvalue weighted by Gasteiger charge is -2.19. The number of carbonyl (C=O) groups is 1. The molecule has 0 radical (unpaired) electrons. The van der Waals surface area contributed by atoms with E-state index in [0.29, 0.717) is 36.4 Å². The van der Waals surface area contributed by atoms with E-state index >= 15 is 0 Å². The second-order valence-corrected chi connectivity index (χ2v) is 6.75. The van der Waals surface area contributed by atoms with Gasteiger partial charge < -0.3 is 19.7 Å². The highest BCUT2D eigenvalue weighted by atomic mass is 35.5. The Hall–Kier alpha value is -1.46. The van der Waals surface area contributed by atoms with Gasteiger partial charge in [0.2, 0.25) is 0 Å². The Balaban J connectivity index is 0.00000225. The molecule has 2 heterocycles. The second kappa shape index (κ2) is 9.30. The van der Waals surface area contributed by atoms with Gasteiger partial charge in [0.1, 0.15) is 0 Å². The van der Waals surface area contributed by atoms with Crippen molar-refractivity contribution in [3.63, 3.8) is 0 Å². The van der Waals surface area contributed by atoms with Crippen LogP contribution in [0.5, 0.6) is 11.5 Å². The first kappa shape index (κ1) is 19.9. The van der Waals surface area contributed by atoms with E-state index in [1.807, 2.05) is 23.1 Å². The zero-order valence-corrected chi connectivity index (χ0v) is 15.9. The minimum Gasteiger partial charge on any atom is -0.490 e. The van der Waals surface area contributed by atoms with E-state index in [1.165, 1.54) is 0 Å². The number of amides is 1. The zero-order valence-electron chi connectivity index (χ0n) is 15.1. The van der Waals surface area contributed by atoms with E-state index in [4.69, 9.17) is 9.47 Å². The smallest absolute Gasteiger partial charge is 0.254 e. The number of hydrogen-bond donors (Lipinski definition) is 1. The van der Waals surface area contributed by atoms with Gasteiger partial charge in [-0.05, 0) is 42.9 Å². The number of halogens is 1. The van der Waals surface area contributed by atoms with Gasteiger partial charge in [-0.25, -0.2) is 0 Å². The van der Waals surface area contributed by atoms with E-state index in [-0.39, 0.29) is 18.3 Å². The Kier molecular flexibility index (Phi) is 7.38. The molecule has 2 fully saturated rings. The number of rotatable bonds is 7. The minimum absolute atomic E-state index is 0. The SMILES string of the molecule is CCCOc1ccc(C(=O)N2C[C@H]3CNC[C@H]3C2)cc1OCCC.Cl. The van der Waals surface area contributed by atoms with Crippen molar-refractivity contribution in [2.75, 3.05) is 39.4 Å². The van der Waals surface area contributed by atoms with E-state index in [9.17, 15) is 4.79 Å². The minimum atomic E-state index is 0. The van der Waals surface area contributed by atoms with Crippen LogP contribution >= 0.6 is 12.4 Å². The van der Waals surface area contributed by atoms with Crippen LogP contribution in [0.4, 0.5) is 0 Å². The van der Waals surface area contributed by atoms with Crippen molar-refractivity contribution in [3.05, 3.63) is 23.8 Å². The third kappa shape index (κ3) is 4.59. The van der Waals surface area contributed by atoms with Crippen molar-refractivity contribution in [2.24, 2.45) is 11.8 Å². The molecule has 3 rings (SSSR count). The average molecular weight is 369 g/mol. The number of ether oxygens (including phenoxy) is 2. The molecule has 2 atom stereocenters. The van der Waals surface area contributed by atoms with E-state index in [0.717, 1.165) is 44.8 Å². The summed E-state index contributed by atoms with van der Waals surface area (Å²) in [6, 6.07) is 5.57. The molecule has 0 aliphatic carbocycles. The van der Waals surface area contributed by atoms with Gasteiger partial charge in [0, 0.05) is 31.7 Å². The summed E-state index contributed by atoms with van der Waals surface area (Å²) in [5.41, 5.74) is 0.692. The molecule has 2 aliphatic rings. The second-order valence-electron chi connectivity index (χ2n) is 6.75. The summed E-state index contributed by atoms with van der Waals surface area (Å²) in [7, 11) is 0. The van der Waals surface area contributed by atoms with E-state index < -0.39 is 0 Å². The van der Waals surface area contributed by atoms with Crippen LogP contribution < -0.4 is 14.8 Å². The fraction of sp³-hybridized carbons (Fsp3) is 0.632. The van der Waals surface area contributed by atoms with Crippen molar-refractivity contribution in [3.8, 4) is 11.5 Å². The quantitative estimate of drug-likeness (QED) is 0.803. The molecule has 0 unspecified atom stereocenters. The predicted octanol–water partition coefficient (Wildman–Crippen LogP) is 2.98. The maximum Gasteiger partial charge on any atom is 0.254 e. The lowest BCUT2D eigenvalue weighted by molar-refractivity contribution is 0.0781. The van der Waals surface area contributed by atoms with E-state index in [1.54, 1.807) is 0 Å². The van der Waals surface area contributed by atoms with Gasteiger partial charge in [0.25, 0.3) is 5.91 Å². The molecule has 2 saturated heterocycles. The third-order valence-corrected chi connectivity index (χ3v) is 4.79. The highest BCUT2D eigenvalue weighted by molar-refractivity contribution is 5.95. The molecule has 1 aromatic rings. The first-order valence-electron chi connectivity index (χ1n) is 9.12. The monoisotopic (exact) mass is 368 g/mol. The van der Waals surface area contributed by atoms with Crippen molar-refractivity contribution < 1.29 is 14.3 Å². The van der Waals surface area contributed by atoms with Gasteiger partial charge in [0.15, 0.2) is 11.5 Å². The lowest BCUT2D eigenvalue weighted by atomic mass is 10.0. The Morgan fingerprint density at radius 1 is 1.08 bits per heavy atom. The largest absolute Gasteiger partial charge is 0.490 e. The molecule has 140 valence electrons. The fourth-order valence-corrected chi connectivity index (χ4v) is 3.50. The number of hydrogen-bond acceptors (Lipinski definition) is 4. The summed E-state index contributed by atoms with van der Waals surface area (Å²) in [6.07, 6.45) is 1.87. The first-order valence-corrected chi connectivity index (χ1v) is 9.12. The molecule has 0 bridgehead atoms. The van der Waals surface area contributed by atoms with Gasteiger partial charge in [-0.3, -0.25) is 4.79 Å². The lowest BCUT2D eigenvalue weighted by Crippen LogP contribution is -2.31. The van der Waals surface area contributed by atoms with Gasteiger partial charge in [-0.1, -0.05) is 13.8 Å². The van der Waals surface area contributed by atoms with Crippen LogP contribution in [0.3, 0.4) is 0 Å². The Labute approximate surface area is 156 Å². The molecular weight excluding hydrogens is 340 g/mol. The zero-order chi connectivity index (χ0) is 16.9. The Bertz CT molecular complexity index is 570. The summed E-state index contributed by atoms with van der Waals surface area (Å²) < 4.78 is 11.6. The molecule has 5 nitrogen and oxygen atoms in total. The standard InChI is InChI=1S/C19H28N2O3.ClH/c1-3-7-23-17-6-5-14(9-18(17)24-8-4-2)19(22)21-12-15-10-20-11-16(15)13-21;/h5-6,9,15-16,20H,3-4,7-8,10-13H2,1-2H3;1H/t15-,16+;. The van der Waals surface area contributed by atoms with Gasteiger partial charge in [-0.15, -0.1) is 12.4 Å². The van der Waals surface area contributed by atoms with Crippen LogP contribution in [0.2, 0.25) is 0 Å². The molecular formula is C19H29ClN2O3. The van der Waals surface area contributed by atoms with Gasteiger partial charge in [-0.2, -0.15) is 0 Å². The Morgan fingerprint density at radius 2 is 1.68 bits per heavy atom. The number of fused-ring (bicyclic) bond motifs is 1. The first-order chi connectivity index (χ1) is 11.7. The predicted molar refractivity (Wildman–Crippen MR) is 101 cm³/mol. The van der Waals surface area contributed by atoms with Crippen molar-refractivity contribution >= 4 is 18.3 Å². The number of benzene rings is 1. The molecule has 0 spiro atoms. The summed E-state index contributed by atoms with van der Waals surface area (Å²) in [6.45, 7) is 9.19. The number of nitrogens with one attached hydrogen (secondary N) is 1. The van der Waals surface area contributed by atoms with Crippen LogP contribution in [0, 0.1) is 11.8 Å². The molecule has 0 aromatic heterocycles. The van der Waals surface area contributed by atoms with Crippen molar-refractivity contribution in [1.29, 1.82) is 0 Å². The topological polar surface area (TPSA) is 50.8 Å². The third-order valence-electron chi connectivity index (χ3n) is 4.79. The summed E-state index contributed by atoms with van der Waals surface area (Å²) >= 11 is 0. The number of carbonyl (C=O) groups excluding carboxylic acids is 1. The highest BCUT2D eigenvalue weighted by Gasteiger charge is 2.38. The molecule has 0 saturated carbocycles. The summed E-state index contributed by atoms with van der Waals surface area (Å²) in [5.74, 6) is 2.73. The van der Waals surface area contributed by atoms with E-state index in [2.05, 4.69) is 19.2 Å². The molecule has 1 aromatic carbocycles. The molecule has 25 heavy (non-hydrogen) atoms. The van der Waals surface area contributed by atoms with Gasteiger partial charge >= 0.3 is 0 Å². The highest BCUT2D eigenvalue weighted by Crippen LogP contribution is 2.31. The average Bonchev–Trinajstić information content (AvgIpc) is 3.19. The van der Waals surface area contributed by atoms with Crippen molar-refractivity contribution in [1.82, 2.24) is 10.2 Å². The number of likely N-dealkylation sites (tertiary alicyclic amines) is 1. The summed E-state index contributed by atoms with van der Waals surface area (Å²) in [5, 5.41) is 3.41. The van der Waals surface area contributed by atoms with Crippen molar-refractivity contribution in [2.45, 2.75) is 26.7 Å². The fourth-order valence-electron chi connectivity index (χ4n) is 3.50. The van der Waals surface area contributed by atoms with Crippen LogP contribution in [0.25, 0.3) is 0 Å². The van der Waals surface area contributed by atoms with Gasteiger partial charge in [0.05, 0.1) is 13.2 Å². The Morgan fingerprint density at radius 3 is 2.28 bits per heavy atom. The summed E-state index contributed by atoms with van der Waals surface area (Å²) in [4.78, 5) is 14.8. The molecule has 1 N–H and O–H groups in total. The maximum absolute atomic E-state index is 12.8. The molecule has 6 heteroatoms.